The Morgan fingerprint density at radius 3 is 2.10 bits per heavy atom. The molecule has 20 heavy (non-hydrogen) atoms. The molecule has 0 spiro atoms. The average molecular weight is 320 g/mol. The van der Waals surface area contributed by atoms with Gasteiger partial charge in [0.1, 0.15) is 17.5 Å². The lowest BCUT2D eigenvalue weighted by molar-refractivity contribution is 0.501. The summed E-state index contributed by atoms with van der Waals surface area (Å²) in [5.74, 6) is -2.99. The molecular formula is C14H10Cl2F3N. The van der Waals surface area contributed by atoms with E-state index in [4.69, 9.17) is 28.9 Å². The van der Waals surface area contributed by atoms with Crippen molar-refractivity contribution in [1.82, 2.24) is 0 Å². The Morgan fingerprint density at radius 1 is 0.950 bits per heavy atom. The van der Waals surface area contributed by atoms with E-state index in [-0.39, 0.29) is 12.0 Å². The Hall–Kier alpha value is -1.23. The van der Waals surface area contributed by atoms with E-state index in [1.807, 2.05) is 0 Å². The van der Waals surface area contributed by atoms with E-state index in [2.05, 4.69) is 0 Å². The van der Waals surface area contributed by atoms with Gasteiger partial charge in [-0.25, -0.2) is 13.2 Å². The van der Waals surface area contributed by atoms with Gasteiger partial charge in [-0.3, -0.25) is 0 Å². The summed E-state index contributed by atoms with van der Waals surface area (Å²) < 4.78 is 40.0. The summed E-state index contributed by atoms with van der Waals surface area (Å²) in [5.41, 5.74) is 6.11. The van der Waals surface area contributed by atoms with Gasteiger partial charge >= 0.3 is 0 Å². The van der Waals surface area contributed by atoms with Crippen LogP contribution in [-0.2, 0) is 6.42 Å². The zero-order valence-electron chi connectivity index (χ0n) is 10.1. The van der Waals surface area contributed by atoms with E-state index in [0.29, 0.717) is 27.7 Å². The van der Waals surface area contributed by atoms with E-state index < -0.39 is 23.5 Å². The molecule has 0 aliphatic heterocycles. The fourth-order valence-electron chi connectivity index (χ4n) is 1.93. The summed E-state index contributed by atoms with van der Waals surface area (Å²) in [5, 5.41) is 0.708. The van der Waals surface area contributed by atoms with Crippen molar-refractivity contribution in [2.24, 2.45) is 5.73 Å². The van der Waals surface area contributed by atoms with Crippen molar-refractivity contribution in [2.45, 2.75) is 12.5 Å². The highest BCUT2D eigenvalue weighted by atomic mass is 35.5. The second-order valence-corrected chi connectivity index (χ2v) is 5.16. The van der Waals surface area contributed by atoms with Crippen LogP contribution in [0.5, 0.6) is 0 Å². The smallest absolute Gasteiger partial charge is 0.133 e. The third-order valence-corrected chi connectivity index (χ3v) is 3.59. The summed E-state index contributed by atoms with van der Waals surface area (Å²) in [6.45, 7) is 0. The SMILES string of the molecule is NC(Cc1ccc(Cl)c(Cl)c1)c1c(F)cc(F)cc1F. The summed E-state index contributed by atoms with van der Waals surface area (Å²) in [6, 6.07) is 5.06. The second-order valence-electron chi connectivity index (χ2n) is 4.34. The van der Waals surface area contributed by atoms with Crippen molar-refractivity contribution in [3.8, 4) is 0 Å². The van der Waals surface area contributed by atoms with Gasteiger partial charge in [0.05, 0.1) is 10.0 Å². The number of rotatable bonds is 3. The van der Waals surface area contributed by atoms with Crippen molar-refractivity contribution in [1.29, 1.82) is 0 Å². The van der Waals surface area contributed by atoms with Crippen molar-refractivity contribution >= 4 is 23.2 Å². The molecule has 2 rings (SSSR count). The zero-order valence-corrected chi connectivity index (χ0v) is 11.7. The number of benzene rings is 2. The Bertz CT molecular complexity index is 623. The highest BCUT2D eigenvalue weighted by Crippen LogP contribution is 2.27. The summed E-state index contributed by atoms with van der Waals surface area (Å²) in [7, 11) is 0. The summed E-state index contributed by atoms with van der Waals surface area (Å²) >= 11 is 11.6. The van der Waals surface area contributed by atoms with Gasteiger partial charge in [-0.2, -0.15) is 0 Å². The second kappa shape index (κ2) is 6.04. The van der Waals surface area contributed by atoms with Crippen molar-refractivity contribution in [3.63, 3.8) is 0 Å². The molecule has 0 amide bonds. The van der Waals surface area contributed by atoms with Gasteiger partial charge in [-0.1, -0.05) is 29.3 Å². The first kappa shape index (κ1) is 15.2. The Morgan fingerprint density at radius 2 is 1.55 bits per heavy atom. The third kappa shape index (κ3) is 3.26. The van der Waals surface area contributed by atoms with Gasteiger partial charge in [0.25, 0.3) is 0 Å². The van der Waals surface area contributed by atoms with Crippen LogP contribution in [0.15, 0.2) is 30.3 Å². The van der Waals surface area contributed by atoms with Crippen LogP contribution in [0, 0.1) is 17.5 Å². The zero-order chi connectivity index (χ0) is 14.9. The lowest BCUT2D eigenvalue weighted by Crippen LogP contribution is -2.17. The molecule has 0 aromatic heterocycles. The van der Waals surface area contributed by atoms with E-state index in [0.717, 1.165) is 0 Å². The topological polar surface area (TPSA) is 26.0 Å². The fourth-order valence-corrected chi connectivity index (χ4v) is 2.25. The molecule has 1 unspecified atom stereocenters. The normalized spacial score (nSPS) is 12.5. The maximum Gasteiger partial charge on any atom is 0.133 e. The number of halogens is 5. The largest absolute Gasteiger partial charge is 0.323 e. The van der Waals surface area contributed by atoms with Crippen LogP contribution in [0.1, 0.15) is 17.2 Å². The van der Waals surface area contributed by atoms with Crippen LogP contribution < -0.4 is 5.73 Å². The molecule has 0 aliphatic carbocycles. The third-order valence-electron chi connectivity index (χ3n) is 2.85. The monoisotopic (exact) mass is 319 g/mol. The predicted molar refractivity (Wildman–Crippen MR) is 73.4 cm³/mol. The molecule has 0 saturated carbocycles. The first-order chi connectivity index (χ1) is 9.38. The fraction of sp³-hybridized carbons (Fsp3) is 0.143. The first-order valence-electron chi connectivity index (χ1n) is 5.72. The molecule has 6 heteroatoms. The minimum atomic E-state index is -1.00. The standard InChI is InChI=1S/C14H10Cl2F3N/c15-9-2-1-7(3-10(9)16)4-13(20)14-11(18)5-8(17)6-12(14)19/h1-3,5-6,13H,4,20H2. The molecule has 0 bridgehead atoms. The van der Waals surface area contributed by atoms with Gasteiger partial charge in [-0.05, 0) is 24.1 Å². The number of nitrogens with two attached hydrogens (primary N) is 1. The van der Waals surface area contributed by atoms with Crippen LogP contribution in [-0.4, -0.2) is 0 Å². The lowest BCUT2D eigenvalue weighted by Gasteiger charge is -2.14. The number of hydrogen-bond donors (Lipinski definition) is 1. The van der Waals surface area contributed by atoms with Gasteiger partial charge in [0, 0.05) is 23.7 Å². The molecule has 1 nitrogen and oxygen atoms in total. The van der Waals surface area contributed by atoms with Crippen LogP contribution in [0.3, 0.4) is 0 Å². The van der Waals surface area contributed by atoms with E-state index in [1.165, 1.54) is 0 Å². The maximum absolute atomic E-state index is 13.6. The predicted octanol–water partition coefficient (Wildman–Crippen LogP) is 4.65. The molecule has 0 heterocycles. The van der Waals surface area contributed by atoms with Gasteiger partial charge < -0.3 is 5.73 Å². The first-order valence-corrected chi connectivity index (χ1v) is 6.48. The van der Waals surface area contributed by atoms with E-state index in [1.54, 1.807) is 18.2 Å². The van der Waals surface area contributed by atoms with Crippen molar-refractivity contribution in [2.75, 3.05) is 0 Å². The molecule has 0 aliphatic rings. The average Bonchev–Trinajstić information content (AvgIpc) is 2.32. The van der Waals surface area contributed by atoms with Crippen molar-refractivity contribution in [3.05, 3.63) is 69.0 Å². The molecule has 0 saturated heterocycles. The summed E-state index contributed by atoms with van der Waals surface area (Å²) in [4.78, 5) is 0. The molecule has 0 fully saturated rings. The molecule has 2 aromatic carbocycles. The van der Waals surface area contributed by atoms with Gasteiger partial charge in [-0.15, -0.1) is 0 Å². The van der Waals surface area contributed by atoms with E-state index >= 15 is 0 Å². The molecule has 106 valence electrons. The molecule has 2 N–H and O–H groups in total. The lowest BCUT2D eigenvalue weighted by atomic mass is 9.98. The Labute approximate surface area is 124 Å². The van der Waals surface area contributed by atoms with Crippen molar-refractivity contribution < 1.29 is 13.2 Å². The van der Waals surface area contributed by atoms with Crippen LogP contribution in [0.2, 0.25) is 10.0 Å². The van der Waals surface area contributed by atoms with E-state index in [9.17, 15) is 13.2 Å². The molecule has 0 radical (unpaired) electrons. The molecular weight excluding hydrogens is 310 g/mol. The minimum absolute atomic E-state index is 0.149. The highest BCUT2D eigenvalue weighted by Gasteiger charge is 2.19. The Kier molecular flexibility index (Phi) is 4.58. The molecule has 1 atom stereocenters. The minimum Gasteiger partial charge on any atom is -0.323 e. The highest BCUT2D eigenvalue weighted by molar-refractivity contribution is 6.42. The van der Waals surface area contributed by atoms with Crippen LogP contribution in [0.25, 0.3) is 0 Å². The van der Waals surface area contributed by atoms with Gasteiger partial charge in [0.15, 0.2) is 0 Å². The van der Waals surface area contributed by atoms with Crippen LogP contribution in [0.4, 0.5) is 13.2 Å². The molecule has 2 aromatic rings. The summed E-state index contributed by atoms with van der Waals surface area (Å²) in [6.07, 6.45) is 0.149. The van der Waals surface area contributed by atoms with Gasteiger partial charge in [0.2, 0.25) is 0 Å². The Balaban J connectivity index is 2.28. The quantitative estimate of drug-likeness (QED) is 0.875. The maximum atomic E-state index is 13.6. The number of hydrogen-bond acceptors (Lipinski definition) is 1. The van der Waals surface area contributed by atoms with Crippen LogP contribution >= 0.6 is 23.2 Å².